The van der Waals surface area contributed by atoms with Crippen LogP contribution in [0.25, 0.3) is 0 Å². The van der Waals surface area contributed by atoms with E-state index in [0.717, 1.165) is 11.6 Å². The molecule has 0 fully saturated rings. The largest absolute Gasteiger partial charge is 0.483 e. The van der Waals surface area contributed by atoms with Gasteiger partial charge in [0.15, 0.2) is 17.1 Å². The highest BCUT2D eigenvalue weighted by Gasteiger charge is 2.19. The summed E-state index contributed by atoms with van der Waals surface area (Å²) >= 11 is 7.52. The summed E-state index contributed by atoms with van der Waals surface area (Å²) in [5, 5.41) is 9.70. The second kappa shape index (κ2) is 8.76. The molecular formula is C20H21ClFN3OS. The van der Waals surface area contributed by atoms with E-state index in [1.807, 2.05) is 49.6 Å². The molecule has 0 amide bonds. The van der Waals surface area contributed by atoms with Gasteiger partial charge in [0.05, 0.1) is 0 Å². The first kappa shape index (κ1) is 19.7. The molecule has 142 valence electrons. The predicted octanol–water partition coefficient (Wildman–Crippen LogP) is 5.83. The van der Waals surface area contributed by atoms with Crippen molar-refractivity contribution in [3.63, 3.8) is 0 Å². The molecule has 2 aromatic carbocycles. The first-order chi connectivity index (χ1) is 13.0. The molecule has 0 bridgehead atoms. The van der Waals surface area contributed by atoms with Crippen molar-refractivity contribution in [2.45, 2.75) is 44.3 Å². The minimum Gasteiger partial charge on any atom is -0.483 e. The average Bonchev–Trinajstić information content (AvgIpc) is 3.06. The smallest absolute Gasteiger partial charge is 0.191 e. The van der Waals surface area contributed by atoms with Crippen LogP contribution in [0, 0.1) is 12.7 Å². The summed E-state index contributed by atoms with van der Waals surface area (Å²) < 4.78 is 22.0. The SMILES string of the molecule is CCn1c(SCc2c(F)cccc2Cl)nnc1C(C)Oc1ccc(C)cc1. The van der Waals surface area contributed by atoms with Crippen LogP contribution >= 0.6 is 23.4 Å². The first-order valence-electron chi connectivity index (χ1n) is 8.71. The number of benzene rings is 2. The van der Waals surface area contributed by atoms with Gasteiger partial charge in [0, 0.05) is 22.9 Å². The topological polar surface area (TPSA) is 39.9 Å². The highest BCUT2D eigenvalue weighted by molar-refractivity contribution is 7.98. The Morgan fingerprint density at radius 3 is 2.59 bits per heavy atom. The molecule has 0 saturated heterocycles. The van der Waals surface area contributed by atoms with Gasteiger partial charge in [0.25, 0.3) is 0 Å². The monoisotopic (exact) mass is 405 g/mol. The Morgan fingerprint density at radius 2 is 1.93 bits per heavy atom. The Hall–Kier alpha value is -2.05. The number of thioether (sulfide) groups is 1. The van der Waals surface area contributed by atoms with E-state index in [4.69, 9.17) is 16.3 Å². The molecule has 1 aromatic heterocycles. The molecule has 1 heterocycles. The molecule has 0 aliphatic heterocycles. The van der Waals surface area contributed by atoms with Gasteiger partial charge in [0.1, 0.15) is 11.6 Å². The molecule has 0 saturated carbocycles. The number of nitrogens with zero attached hydrogens (tertiary/aromatic N) is 3. The van der Waals surface area contributed by atoms with E-state index >= 15 is 0 Å². The number of aryl methyl sites for hydroxylation is 1. The van der Waals surface area contributed by atoms with Crippen molar-refractivity contribution >= 4 is 23.4 Å². The molecule has 27 heavy (non-hydrogen) atoms. The second-order valence-corrected chi connectivity index (χ2v) is 7.50. The van der Waals surface area contributed by atoms with E-state index < -0.39 is 0 Å². The van der Waals surface area contributed by atoms with Crippen molar-refractivity contribution in [2.75, 3.05) is 0 Å². The van der Waals surface area contributed by atoms with Crippen LogP contribution in [0.5, 0.6) is 5.75 Å². The minimum absolute atomic E-state index is 0.258. The van der Waals surface area contributed by atoms with Gasteiger partial charge in [0.2, 0.25) is 0 Å². The number of aromatic nitrogens is 3. The van der Waals surface area contributed by atoms with Crippen LogP contribution in [0.1, 0.15) is 36.9 Å². The van der Waals surface area contributed by atoms with Crippen molar-refractivity contribution < 1.29 is 9.13 Å². The number of ether oxygens (including phenoxy) is 1. The lowest BCUT2D eigenvalue weighted by atomic mass is 10.2. The van der Waals surface area contributed by atoms with Crippen LogP contribution in [-0.2, 0) is 12.3 Å². The zero-order valence-corrected chi connectivity index (χ0v) is 17.0. The number of halogens is 2. The molecule has 0 spiro atoms. The van der Waals surface area contributed by atoms with Crippen LogP contribution in [0.3, 0.4) is 0 Å². The van der Waals surface area contributed by atoms with E-state index in [9.17, 15) is 4.39 Å². The van der Waals surface area contributed by atoms with E-state index in [2.05, 4.69) is 10.2 Å². The molecule has 0 radical (unpaired) electrons. The van der Waals surface area contributed by atoms with Gasteiger partial charge >= 0.3 is 0 Å². The van der Waals surface area contributed by atoms with Crippen LogP contribution in [0.4, 0.5) is 4.39 Å². The van der Waals surface area contributed by atoms with Crippen LogP contribution in [-0.4, -0.2) is 14.8 Å². The highest BCUT2D eigenvalue weighted by atomic mass is 35.5. The molecule has 0 N–H and O–H groups in total. The van der Waals surface area contributed by atoms with Crippen LogP contribution < -0.4 is 4.74 Å². The zero-order chi connectivity index (χ0) is 19.4. The predicted molar refractivity (Wildman–Crippen MR) is 107 cm³/mol. The molecule has 0 aliphatic carbocycles. The Kier molecular flexibility index (Phi) is 6.39. The number of hydrogen-bond donors (Lipinski definition) is 0. The molecule has 1 unspecified atom stereocenters. The highest BCUT2D eigenvalue weighted by Crippen LogP contribution is 2.29. The Morgan fingerprint density at radius 1 is 1.19 bits per heavy atom. The fraction of sp³-hybridized carbons (Fsp3) is 0.300. The number of hydrogen-bond acceptors (Lipinski definition) is 4. The van der Waals surface area contributed by atoms with Crippen molar-refractivity contribution in [1.82, 2.24) is 14.8 Å². The van der Waals surface area contributed by atoms with Gasteiger partial charge in [-0.05, 0) is 45.0 Å². The van der Waals surface area contributed by atoms with Crippen molar-refractivity contribution in [2.24, 2.45) is 0 Å². The maximum absolute atomic E-state index is 14.0. The van der Waals surface area contributed by atoms with E-state index in [1.54, 1.807) is 12.1 Å². The average molecular weight is 406 g/mol. The van der Waals surface area contributed by atoms with Gasteiger partial charge in [-0.1, -0.05) is 47.1 Å². The summed E-state index contributed by atoms with van der Waals surface area (Å²) in [5.74, 6) is 1.59. The summed E-state index contributed by atoms with van der Waals surface area (Å²) in [6.45, 7) is 6.69. The van der Waals surface area contributed by atoms with E-state index in [0.29, 0.717) is 28.0 Å². The minimum atomic E-state index is -0.311. The second-order valence-electron chi connectivity index (χ2n) is 6.15. The quantitative estimate of drug-likeness (QED) is 0.463. The van der Waals surface area contributed by atoms with Crippen molar-refractivity contribution in [3.8, 4) is 5.75 Å². The molecular weight excluding hydrogens is 385 g/mol. The lowest BCUT2D eigenvalue weighted by Crippen LogP contribution is -2.12. The molecule has 4 nitrogen and oxygen atoms in total. The van der Waals surface area contributed by atoms with Gasteiger partial charge in [-0.15, -0.1) is 10.2 Å². The lowest BCUT2D eigenvalue weighted by Gasteiger charge is -2.15. The standard InChI is InChI=1S/C20H21ClFN3OS/c1-4-25-19(14(3)26-15-10-8-13(2)9-11-15)23-24-20(25)27-12-16-17(21)6-5-7-18(16)22/h5-11,14H,4,12H2,1-3H3. The zero-order valence-electron chi connectivity index (χ0n) is 15.4. The van der Waals surface area contributed by atoms with Gasteiger partial charge in [-0.25, -0.2) is 4.39 Å². The summed E-state index contributed by atoms with van der Waals surface area (Å²) in [4.78, 5) is 0. The summed E-state index contributed by atoms with van der Waals surface area (Å²) in [7, 11) is 0. The summed E-state index contributed by atoms with van der Waals surface area (Å²) in [6, 6.07) is 12.6. The number of rotatable bonds is 7. The third-order valence-electron chi connectivity index (χ3n) is 4.17. The third-order valence-corrected chi connectivity index (χ3v) is 5.51. The normalized spacial score (nSPS) is 12.2. The van der Waals surface area contributed by atoms with E-state index in [-0.39, 0.29) is 11.9 Å². The molecule has 7 heteroatoms. The first-order valence-corrected chi connectivity index (χ1v) is 10.1. The maximum atomic E-state index is 14.0. The van der Waals surface area contributed by atoms with Gasteiger partial charge < -0.3 is 9.30 Å². The Balaban J connectivity index is 1.75. The third kappa shape index (κ3) is 4.62. The van der Waals surface area contributed by atoms with Crippen LogP contribution in [0.15, 0.2) is 47.6 Å². The van der Waals surface area contributed by atoms with Crippen molar-refractivity contribution in [1.29, 1.82) is 0 Å². The fourth-order valence-electron chi connectivity index (χ4n) is 2.69. The van der Waals surface area contributed by atoms with Crippen molar-refractivity contribution in [3.05, 3.63) is 70.3 Å². The Labute approximate surface area is 167 Å². The van der Waals surface area contributed by atoms with Gasteiger partial charge in [-0.3, -0.25) is 0 Å². The molecule has 1 atom stereocenters. The molecule has 3 aromatic rings. The molecule has 3 rings (SSSR count). The van der Waals surface area contributed by atoms with Gasteiger partial charge in [-0.2, -0.15) is 0 Å². The maximum Gasteiger partial charge on any atom is 0.191 e. The lowest BCUT2D eigenvalue weighted by molar-refractivity contribution is 0.210. The van der Waals surface area contributed by atoms with Crippen LogP contribution in [0.2, 0.25) is 5.02 Å². The van der Waals surface area contributed by atoms with E-state index in [1.165, 1.54) is 23.4 Å². The summed E-state index contributed by atoms with van der Waals surface area (Å²) in [5.41, 5.74) is 1.65. The molecule has 0 aliphatic rings. The summed E-state index contributed by atoms with van der Waals surface area (Å²) in [6.07, 6.45) is -0.258. The Bertz CT molecular complexity index is 894. The fourth-order valence-corrected chi connectivity index (χ4v) is 4.04.